The highest BCUT2D eigenvalue weighted by Crippen LogP contribution is 2.37. The Labute approximate surface area is 148 Å². The number of hydrogen-bond donors (Lipinski definition) is 1. The smallest absolute Gasteiger partial charge is 0.0544 e. The summed E-state index contributed by atoms with van der Waals surface area (Å²) in [6.45, 7) is 0. The number of nitrogens with one attached hydrogen (secondary N) is 1. The van der Waals surface area contributed by atoms with E-state index in [2.05, 4.69) is 99.8 Å². The standard InChI is InChI=1S/C22H14BrN/c23-16-7-3-6-15(13-16)18-9-4-10-19-21-17-8-2-1-5-14(17)11-12-20(21)24-22(18)19/h1-13,24H. The second kappa shape index (κ2) is 5.22. The van der Waals surface area contributed by atoms with Crippen molar-refractivity contribution in [3.05, 3.63) is 83.3 Å². The molecule has 0 unspecified atom stereocenters. The monoisotopic (exact) mass is 371 g/mol. The highest BCUT2D eigenvalue weighted by molar-refractivity contribution is 9.10. The van der Waals surface area contributed by atoms with E-state index in [4.69, 9.17) is 0 Å². The number of aromatic nitrogens is 1. The first kappa shape index (κ1) is 13.8. The lowest BCUT2D eigenvalue weighted by Crippen LogP contribution is -1.80. The lowest BCUT2D eigenvalue weighted by atomic mass is 10.00. The van der Waals surface area contributed by atoms with Crippen molar-refractivity contribution in [1.29, 1.82) is 0 Å². The number of aromatic amines is 1. The van der Waals surface area contributed by atoms with Crippen LogP contribution in [0.4, 0.5) is 0 Å². The zero-order valence-corrected chi connectivity index (χ0v) is 14.5. The van der Waals surface area contributed by atoms with E-state index >= 15 is 0 Å². The molecule has 1 N–H and O–H groups in total. The third-order valence-corrected chi connectivity index (χ3v) is 5.15. The molecule has 0 saturated heterocycles. The van der Waals surface area contributed by atoms with E-state index in [1.54, 1.807) is 0 Å². The van der Waals surface area contributed by atoms with Gasteiger partial charge in [-0.25, -0.2) is 0 Å². The van der Waals surface area contributed by atoms with Crippen LogP contribution in [-0.2, 0) is 0 Å². The van der Waals surface area contributed by atoms with Gasteiger partial charge < -0.3 is 4.98 Å². The maximum atomic E-state index is 3.64. The van der Waals surface area contributed by atoms with Gasteiger partial charge in [0.1, 0.15) is 0 Å². The number of hydrogen-bond acceptors (Lipinski definition) is 0. The molecule has 4 aromatic carbocycles. The average molecular weight is 372 g/mol. The van der Waals surface area contributed by atoms with Gasteiger partial charge in [-0.1, -0.05) is 76.6 Å². The van der Waals surface area contributed by atoms with Crippen molar-refractivity contribution in [2.45, 2.75) is 0 Å². The summed E-state index contributed by atoms with van der Waals surface area (Å²) in [5.41, 5.74) is 4.83. The predicted molar refractivity (Wildman–Crippen MR) is 106 cm³/mol. The van der Waals surface area contributed by atoms with Crippen molar-refractivity contribution in [2.24, 2.45) is 0 Å². The highest BCUT2D eigenvalue weighted by Gasteiger charge is 2.11. The molecule has 0 aliphatic carbocycles. The van der Waals surface area contributed by atoms with E-state index in [0.717, 1.165) is 4.47 Å². The quantitative estimate of drug-likeness (QED) is 0.329. The van der Waals surface area contributed by atoms with Crippen LogP contribution in [0.2, 0.25) is 0 Å². The van der Waals surface area contributed by atoms with Crippen molar-refractivity contribution in [3.63, 3.8) is 0 Å². The average Bonchev–Trinajstić information content (AvgIpc) is 3.01. The van der Waals surface area contributed by atoms with Gasteiger partial charge in [0.15, 0.2) is 0 Å². The molecule has 2 heteroatoms. The molecule has 0 spiro atoms. The molecule has 0 atom stereocenters. The number of para-hydroxylation sites is 1. The van der Waals surface area contributed by atoms with E-state index in [-0.39, 0.29) is 0 Å². The van der Waals surface area contributed by atoms with Crippen LogP contribution < -0.4 is 0 Å². The molecule has 0 fully saturated rings. The first-order valence-corrected chi connectivity index (χ1v) is 8.79. The number of fused-ring (bicyclic) bond motifs is 5. The molecule has 1 aromatic heterocycles. The molecule has 24 heavy (non-hydrogen) atoms. The summed E-state index contributed by atoms with van der Waals surface area (Å²) in [4.78, 5) is 3.64. The lowest BCUT2D eigenvalue weighted by Gasteiger charge is -2.04. The Morgan fingerprint density at radius 3 is 2.46 bits per heavy atom. The van der Waals surface area contributed by atoms with Gasteiger partial charge in [-0.05, 0) is 34.5 Å². The summed E-state index contributed by atoms with van der Waals surface area (Å²) >= 11 is 3.58. The predicted octanol–water partition coefficient (Wildman–Crippen LogP) is 6.90. The van der Waals surface area contributed by atoms with Crippen LogP contribution in [0.25, 0.3) is 43.7 Å². The van der Waals surface area contributed by atoms with Crippen LogP contribution in [0.3, 0.4) is 0 Å². The third kappa shape index (κ3) is 2.00. The zero-order chi connectivity index (χ0) is 16.1. The maximum Gasteiger partial charge on any atom is 0.0544 e. The maximum absolute atomic E-state index is 3.64. The minimum Gasteiger partial charge on any atom is -0.354 e. The normalized spacial score (nSPS) is 11.5. The summed E-state index contributed by atoms with van der Waals surface area (Å²) in [6, 6.07) is 27.9. The fraction of sp³-hybridized carbons (Fsp3) is 0. The number of rotatable bonds is 1. The molecule has 1 nitrogen and oxygen atoms in total. The molecule has 5 rings (SSSR count). The highest BCUT2D eigenvalue weighted by atomic mass is 79.9. The number of halogens is 1. The fourth-order valence-corrected chi connectivity index (χ4v) is 3.99. The van der Waals surface area contributed by atoms with Crippen LogP contribution in [-0.4, -0.2) is 4.98 Å². The minimum absolute atomic E-state index is 1.10. The Bertz CT molecular complexity index is 1220. The Morgan fingerprint density at radius 2 is 1.54 bits per heavy atom. The Kier molecular flexibility index (Phi) is 3.00. The number of benzene rings is 4. The third-order valence-electron chi connectivity index (χ3n) is 4.66. The summed E-state index contributed by atoms with van der Waals surface area (Å²) in [5, 5.41) is 5.16. The second-order valence-corrected chi connectivity index (χ2v) is 6.99. The largest absolute Gasteiger partial charge is 0.354 e. The van der Waals surface area contributed by atoms with Gasteiger partial charge in [-0.3, -0.25) is 0 Å². The number of H-pyrrole nitrogens is 1. The SMILES string of the molecule is Brc1cccc(-c2cccc3c2[nH]c2ccc4ccccc4c23)c1. The van der Waals surface area contributed by atoms with E-state index in [1.807, 2.05) is 0 Å². The molecule has 0 aliphatic rings. The van der Waals surface area contributed by atoms with Gasteiger partial charge in [0.05, 0.1) is 5.52 Å². The van der Waals surface area contributed by atoms with Crippen molar-refractivity contribution < 1.29 is 0 Å². The van der Waals surface area contributed by atoms with Crippen molar-refractivity contribution in [3.8, 4) is 11.1 Å². The summed E-state index contributed by atoms with van der Waals surface area (Å²) in [6.07, 6.45) is 0. The molecule has 0 radical (unpaired) electrons. The molecule has 5 aromatic rings. The topological polar surface area (TPSA) is 15.8 Å². The van der Waals surface area contributed by atoms with Gasteiger partial charge >= 0.3 is 0 Å². The molecule has 0 amide bonds. The Hall–Kier alpha value is -2.58. The van der Waals surface area contributed by atoms with Crippen molar-refractivity contribution in [2.75, 3.05) is 0 Å². The Morgan fingerprint density at radius 1 is 0.708 bits per heavy atom. The molecule has 0 bridgehead atoms. The van der Waals surface area contributed by atoms with Crippen molar-refractivity contribution in [1.82, 2.24) is 4.98 Å². The van der Waals surface area contributed by atoms with Crippen LogP contribution in [0, 0.1) is 0 Å². The molecule has 0 aliphatic heterocycles. The Balaban J connectivity index is 1.93. The van der Waals surface area contributed by atoms with Crippen LogP contribution in [0.15, 0.2) is 83.3 Å². The lowest BCUT2D eigenvalue weighted by molar-refractivity contribution is 1.53. The summed E-state index contributed by atoms with van der Waals surface area (Å²) in [7, 11) is 0. The van der Waals surface area contributed by atoms with Crippen LogP contribution >= 0.6 is 15.9 Å². The van der Waals surface area contributed by atoms with E-state index in [9.17, 15) is 0 Å². The van der Waals surface area contributed by atoms with E-state index in [1.165, 1.54) is 43.7 Å². The van der Waals surface area contributed by atoms with Gasteiger partial charge in [0.25, 0.3) is 0 Å². The van der Waals surface area contributed by atoms with Gasteiger partial charge in [-0.15, -0.1) is 0 Å². The van der Waals surface area contributed by atoms with Crippen LogP contribution in [0.5, 0.6) is 0 Å². The second-order valence-electron chi connectivity index (χ2n) is 6.07. The van der Waals surface area contributed by atoms with Crippen LogP contribution in [0.1, 0.15) is 0 Å². The molecule has 0 saturated carbocycles. The molecule has 114 valence electrons. The van der Waals surface area contributed by atoms with Crippen molar-refractivity contribution >= 4 is 48.5 Å². The first-order valence-electron chi connectivity index (χ1n) is 7.99. The summed E-state index contributed by atoms with van der Waals surface area (Å²) in [5.74, 6) is 0. The summed E-state index contributed by atoms with van der Waals surface area (Å²) < 4.78 is 1.10. The van der Waals surface area contributed by atoms with Gasteiger partial charge in [0, 0.05) is 26.3 Å². The van der Waals surface area contributed by atoms with Gasteiger partial charge in [-0.2, -0.15) is 0 Å². The molecule has 1 heterocycles. The zero-order valence-electron chi connectivity index (χ0n) is 12.9. The minimum atomic E-state index is 1.10. The molecular weight excluding hydrogens is 358 g/mol. The first-order chi connectivity index (χ1) is 11.8. The fourth-order valence-electron chi connectivity index (χ4n) is 3.59. The van der Waals surface area contributed by atoms with Gasteiger partial charge in [0.2, 0.25) is 0 Å². The van der Waals surface area contributed by atoms with E-state index in [0.29, 0.717) is 0 Å². The molecular formula is C22H14BrN. The van der Waals surface area contributed by atoms with E-state index < -0.39 is 0 Å².